The molecule has 0 amide bonds. The molecule has 2 aliphatic rings. The van der Waals surface area contributed by atoms with Crippen LogP contribution in [0.1, 0.15) is 35.2 Å². The van der Waals surface area contributed by atoms with Crippen molar-refractivity contribution in [2.45, 2.75) is 45.3 Å². The third kappa shape index (κ3) is 3.73. The molecule has 0 bridgehead atoms. The average Bonchev–Trinajstić information content (AvgIpc) is 3.53. The number of hydrogen-bond donors (Lipinski definition) is 1. The van der Waals surface area contributed by atoms with Crippen molar-refractivity contribution in [3.8, 4) is 28.6 Å². The van der Waals surface area contributed by atoms with Gasteiger partial charge in [0.1, 0.15) is 5.82 Å². The van der Waals surface area contributed by atoms with Crippen LogP contribution in [0, 0.1) is 20.8 Å². The Morgan fingerprint density at radius 3 is 2.44 bits per heavy atom. The lowest BCUT2D eigenvalue weighted by molar-refractivity contribution is -0.286. The minimum absolute atomic E-state index is 0.0343. The van der Waals surface area contributed by atoms with Gasteiger partial charge >= 0.3 is 6.29 Å². The summed E-state index contributed by atoms with van der Waals surface area (Å²) >= 11 is 0. The number of allylic oxidation sites excluding steroid dienone is 1. The van der Waals surface area contributed by atoms with Gasteiger partial charge in [-0.2, -0.15) is 0 Å². The first-order valence-corrected chi connectivity index (χ1v) is 11.0. The number of alkyl halides is 2. The molecule has 1 fully saturated rings. The zero-order chi connectivity index (χ0) is 24.3. The van der Waals surface area contributed by atoms with E-state index in [-0.39, 0.29) is 16.9 Å². The van der Waals surface area contributed by atoms with Crippen LogP contribution in [0.3, 0.4) is 0 Å². The standard InChI is InChI=1S/C26H25F2N3O3/c1-14-12-22(31-24(15(14)2)19-7-9-23(32-5)29-16(19)3)30-17(4)25(10-11-25)18-6-8-20-21(13-18)34-26(27,28)33-20/h6-9,12-13H,4,10-11H2,1-3,5H3,(H,30,31). The molecule has 1 N–H and O–H groups in total. The van der Waals surface area contributed by atoms with Gasteiger partial charge in [0.2, 0.25) is 5.88 Å². The van der Waals surface area contributed by atoms with Crippen molar-refractivity contribution in [2.24, 2.45) is 0 Å². The lowest BCUT2D eigenvalue weighted by atomic mass is 9.92. The van der Waals surface area contributed by atoms with Crippen LogP contribution in [0.2, 0.25) is 0 Å². The van der Waals surface area contributed by atoms with E-state index in [9.17, 15) is 8.78 Å². The van der Waals surface area contributed by atoms with Crippen molar-refractivity contribution >= 4 is 5.82 Å². The molecule has 3 aromatic rings. The number of benzene rings is 1. The molecular weight excluding hydrogens is 440 g/mol. The second-order valence-corrected chi connectivity index (χ2v) is 8.80. The van der Waals surface area contributed by atoms with Gasteiger partial charge in [-0.15, -0.1) is 8.78 Å². The van der Waals surface area contributed by atoms with Gasteiger partial charge in [0.05, 0.1) is 18.5 Å². The summed E-state index contributed by atoms with van der Waals surface area (Å²) in [5, 5.41) is 3.38. The number of anilines is 1. The number of aromatic nitrogens is 2. The van der Waals surface area contributed by atoms with E-state index in [4.69, 9.17) is 9.72 Å². The number of nitrogens with one attached hydrogen (secondary N) is 1. The SMILES string of the molecule is C=C(Nc1cc(C)c(C)c(-c2ccc(OC)nc2C)n1)C1(c2ccc3c(c2)OC(F)(F)O3)CC1. The van der Waals surface area contributed by atoms with Crippen LogP contribution in [0.15, 0.2) is 48.7 Å². The van der Waals surface area contributed by atoms with Crippen LogP contribution in [0.25, 0.3) is 11.3 Å². The first-order valence-electron chi connectivity index (χ1n) is 11.0. The van der Waals surface area contributed by atoms with Gasteiger partial charge in [-0.05, 0) is 74.6 Å². The van der Waals surface area contributed by atoms with Crippen molar-refractivity contribution in [1.82, 2.24) is 9.97 Å². The molecule has 3 heterocycles. The lowest BCUT2D eigenvalue weighted by Gasteiger charge is -2.22. The summed E-state index contributed by atoms with van der Waals surface area (Å²) in [7, 11) is 1.59. The van der Waals surface area contributed by atoms with E-state index in [1.807, 2.05) is 39.0 Å². The molecule has 6 nitrogen and oxygen atoms in total. The van der Waals surface area contributed by atoms with E-state index in [0.717, 1.165) is 52.2 Å². The fourth-order valence-electron chi connectivity index (χ4n) is 4.38. The highest BCUT2D eigenvalue weighted by molar-refractivity contribution is 5.70. The molecule has 1 aliphatic heterocycles. The fraction of sp³-hybridized carbons (Fsp3) is 0.308. The zero-order valence-corrected chi connectivity index (χ0v) is 19.5. The molecule has 1 saturated carbocycles. The number of nitrogens with zero attached hydrogens (tertiary/aromatic N) is 2. The quantitative estimate of drug-likeness (QED) is 0.478. The van der Waals surface area contributed by atoms with E-state index in [1.165, 1.54) is 6.07 Å². The number of methoxy groups -OCH3 is 1. The van der Waals surface area contributed by atoms with E-state index in [2.05, 4.69) is 26.4 Å². The van der Waals surface area contributed by atoms with Crippen molar-refractivity contribution < 1.29 is 23.0 Å². The van der Waals surface area contributed by atoms with Crippen LogP contribution < -0.4 is 19.5 Å². The van der Waals surface area contributed by atoms with Gasteiger partial charge in [-0.3, -0.25) is 0 Å². The van der Waals surface area contributed by atoms with Crippen LogP contribution in [0.4, 0.5) is 14.6 Å². The van der Waals surface area contributed by atoms with E-state index in [0.29, 0.717) is 11.7 Å². The molecule has 0 radical (unpaired) electrons. The van der Waals surface area contributed by atoms with Crippen LogP contribution in [-0.2, 0) is 5.41 Å². The van der Waals surface area contributed by atoms with Gasteiger partial charge in [0, 0.05) is 22.7 Å². The molecule has 0 saturated heterocycles. The predicted molar refractivity (Wildman–Crippen MR) is 125 cm³/mol. The van der Waals surface area contributed by atoms with E-state index in [1.54, 1.807) is 19.2 Å². The highest BCUT2D eigenvalue weighted by Crippen LogP contribution is 2.55. The number of pyridine rings is 2. The number of ether oxygens (including phenoxy) is 3. The Labute approximate surface area is 196 Å². The number of fused-ring (bicyclic) bond motifs is 1. The Morgan fingerprint density at radius 1 is 1.03 bits per heavy atom. The molecule has 8 heteroatoms. The topological polar surface area (TPSA) is 65.5 Å². The van der Waals surface area contributed by atoms with E-state index < -0.39 is 6.29 Å². The number of halogens is 2. The Kier molecular flexibility index (Phi) is 5.00. The van der Waals surface area contributed by atoms with Crippen LogP contribution in [-0.4, -0.2) is 23.4 Å². The monoisotopic (exact) mass is 465 g/mol. The molecule has 0 spiro atoms. The normalized spacial score (nSPS) is 16.8. The summed E-state index contributed by atoms with van der Waals surface area (Å²) in [6, 6.07) is 10.7. The first kappa shape index (κ1) is 22.1. The highest BCUT2D eigenvalue weighted by Gasteiger charge is 2.49. The maximum absolute atomic E-state index is 13.5. The molecule has 0 atom stereocenters. The van der Waals surface area contributed by atoms with Gasteiger partial charge in [0.15, 0.2) is 11.5 Å². The fourth-order valence-corrected chi connectivity index (χ4v) is 4.38. The Bertz CT molecular complexity index is 1320. The summed E-state index contributed by atoms with van der Waals surface area (Å²) in [5.74, 6) is 1.29. The second-order valence-electron chi connectivity index (χ2n) is 8.80. The molecule has 0 unspecified atom stereocenters. The van der Waals surface area contributed by atoms with Crippen molar-refractivity contribution in [3.05, 3.63) is 71.1 Å². The second kappa shape index (κ2) is 7.68. The molecule has 34 heavy (non-hydrogen) atoms. The zero-order valence-electron chi connectivity index (χ0n) is 19.5. The molecule has 176 valence electrons. The summed E-state index contributed by atoms with van der Waals surface area (Å²) in [5.41, 5.74) is 5.94. The Balaban J connectivity index is 1.44. The molecule has 1 aromatic carbocycles. The van der Waals surface area contributed by atoms with E-state index >= 15 is 0 Å². The predicted octanol–water partition coefficient (Wildman–Crippen LogP) is 6.06. The minimum atomic E-state index is -3.64. The largest absolute Gasteiger partial charge is 0.586 e. The van der Waals surface area contributed by atoms with Gasteiger partial charge in [-0.1, -0.05) is 12.6 Å². The molecule has 5 rings (SSSR count). The third-order valence-electron chi connectivity index (χ3n) is 6.62. The third-order valence-corrected chi connectivity index (χ3v) is 6.62. The molecule has 1 aliphatic carbocycles. The minimum Gasteiger partial charge on any atom is -0.481 e. The smallest absolute Gasteiger partial charge is 0.481 e. The molecule has 2 aromatic heterocycles. The molecular formula is C26H25F2N3O3. The number of rotatable bonds is 6. The van der Waals surface area contributed by atoms with Gasteiger partial charge in [0.25, 0.3) is 0 Å². The Morgan fingerprint density at radius 2 is 1.76 bits per heavy atom. The first-order chi connectivity index (χ1) is 16.1. The van der Waals surface area contributed by atoms with Crippen LogP contribution >= 0.6 is 0 Å². The van der Waals surface area contributed by atoms with Crippen LogP contribution in [0.5, 0.6) is 17.4 Å². The van der Waals surface area contributed by atoms with Crippen molar-refractivity contribution in [1.29, 1.82) is 0 Å². The van der Waals surface area contributed by atoms with Gasteiger partial charge < -0.3 is 19.5 Å². The number of aryl methyl sites for hydroxylation is 2. The average molecular weight is 466 g/mol. The van der Waals surface area contributed by atoms with Crippen molar-refractivity contribution in [2.75, 3.05) is 12.4 Å². The maximum atomic E-state index is 13.5. The Hall–Kier alpha value is -3.68. The number of hydrogen-bond acceptors (Lipinski definition) is 6. The lowest BCUT2D eigenvalue weighted by Crippen LogP contribution is -2.26. The highest BCUT2D eigenvalue weighted by atomic mass is 19.3. The van der Waals surface area contributed by atoms with Gasteiger partial charge in [-0.25, -0.2) is 9.97 Å². The maximum Gasteiger partial charge on any atom is 0.586 e. The summed E-state index contributed by atoms with van der Waals surface area (Å²) in [6.45, 7) is 10.3. The summed E-state index contributed by atoms with van der Waals surface area (Å²) < 4.78 is 41.3. The summed E-state index contributed by atoms with van der Waals surface area (Å²) in [4.78, 5) is 9.36. The summed E-state index contributed by atoms with van der Waals surface area (Å²) in [6.07, 6.45) is -1.96. The van der Waals surface area contributed by atoms with Crippen molar-refractivity contribution in [3.63, 3.8) is 0 Å².